The summed E-state index contributed by atoms with van der Waals surface area (Å²) in [6.45, 7) is 4.85. The van der Waals surface area contributed by atoms with E-state index in [0.717, 1.165) is 5.69 Å². The van der Waals surface area contributed by atoms with Crippen molar-refractivity contribution >= 4 is 11.9 Å². The lowest BCUT2D eigenvalue weighted by Gasteiger charge is -2.22. The van der Waals surface area contributed by atoms with Gasteiger partial charge in [-0.05, 0) is 31.0 Å². The van der Waals surface area contributed by atoms with Gasteiger partial charge in [0.15, 0.2) is 0 Å². The van der Waals surface area contributed by atoms with Crippen LogP contribution in [0, 0.1) is 6.92 Å². The minimum absolute atomic E-state index is 0.199. The van der Waals surface area contributed by atoms with Crippen LogP contribution in [0.5, 0.6) is 0 Å². The largest absolute Gasteiger partial charge is 0.465 e. The number of nitrogens with one attached hydrogen (secondary N) is 1. The maximum Gasteiger partial charge on any atom is 0.339 e. The van der Waals surface area contributed by atoms with E-state index < -0.39 is 5.97 Å². The summed E-state index contributed by atoms with van der Waals surface area (Å²) >= 11 is 0. The van der Waals surface area contributed by atoms with Crippen LogP contribution in [0.1, 0.15) is 44.7 Å². The van der Waals surface area contributed by atoms with Gasteiger partial charge in [0.05, 0.1) is 31.5 Å². The second-order valence-electron chi connectivity index (χ2n) is 5.86. The molecule has 0 aliphatic carbocycles. The Labute approximate surface area is 153 Å². The van der Waals surface area contributed by atoms with E-state index in [1.807, 2.05) is 25.1 Å². The second-order valence-corrected chi connectivity index (χ2v) is 5.86. The van der Waals surface area contributed by atoms with Crippen LogP contribution in [0.25, 0.3) is 0 Å². The molecule has 0 radical (unpaired) electrons. The molecule has 0 bridgehead atoms. The molecule has 26 heavy (non-hydrogen) atoms. The highest BCUT2D eigenvalue weighted by Crippen LogP contribution is 2.22. The maximum absolute atomic E-state index is 13.1. The van der Waals surface area contributed by atoms with Crippen molar-refractivity contribution in [2.75, 3.05) is 27.4 Å². The van der Waals surface area contributed by atoms with Gasteiger partial charge in [0.1, 0.15) is 5.69 Å². The van der Waals surface area contributed by atoms with Crippen LogP contribution >= 0.6 is 0 Å². The number of hydrogen-bond donors (Lipinski definition) is 1. The third-order valence-electron chi connectivity index (χ3n) is 4.22. The van der Waals surface area contributed by atoms with E-state index in [0.29, 0.717) is 48.6 Å². The highest BCUT2D eigenvalue weighted by atomic mass is 16.5. The number of ether oxygens (including phenoxy) is 2. The van der Waals surface area contributed by atoms with Crippen LogP contribution in [0.4, 0.5) is 0 Å². The highest BCUT2D eigenvalue weighted by molar-refractivity contribution is 6.00. The average molecular weight is 359 g/mol. The molecule has 1 amide bonds. The Balaban J connectivity index is 2.35. The molecule has 7 nitrogen and oxygen atoms in total. The van der Waals surface area contributed by atoms with E-state index in [1.54, 1.807) is 25.1 Å². The minimum atomic E-state index is -0.442. The van der Waals surface area contributed by atoms with Crippen LogP contribution in [0.15, 0.2) is 24.4 Å². The fourth-order valence-corrected chi connectivity index (χ4v) is 2.82. The second kappa shape index (κ2) is 9.15. The summed E-state index contributed by atoms with van der Waals surface area (Å²) in [6.07, 6.45) is 2.29. The van der Waals surface area contributed by atoms with E-state index >= 15 is 0 Å². The first-order valence-electron chi connectivity index (χ1n) is 8.51. The molecule has 0 aliphatic rings. The Kier molecular flexibility index (Phi) is 6.91. The topological polar surface area (TPSA) is 84.5 Å². The first kappa shape index (κ1) is 19.7. The number of esters is 1. The number of carbonyl (C=O) groups excluding carboxylic acids is 2. The minimum Gasteiger partial charge on any atom is -0.465 e. The van der Waals surface area contributed by atoms with Crippen molar-refractivity contribution in [3.63, 3.8) is 0 Å². The Hall–Kier alpha value is -2.67. The van der Waals surface area contributed by atoms with Crippen LogP contribution in [0.3, 0.4) is 0 Å². The Morgan fingerprint density at radius 3 is 2.62 bits per heavy atom. The van der Waals surface area contributed by atoms with Gasteiger partial charge >= 0.3 is 5.97 Å². The fraction of sp³-hybridized carbons (Fsp3) is 0.421. The van der Waals surface area contributed by atoms with E-state index in [4.69, 9.17) is 9.47 Å². The SMILES string of the molecule is CCc1[nH]c(C(=O)N(CCOC)Cc2ccccn2)c(C)c1C(=O)OC. The van der Waals surface area contributed by atoms with Gasteiger partial charge < -0.3 is 19.4 Å². The number of amides is 1. The zero-order valence-corrected chi connectivity index (χ0v) is 15.7. The summed E-state index contributed by atoms with van der Waals surface area (Å²) in [6, 6.07) is 5.58. The van der Waals surface area contributed by atoms with Crippen molar-refractivity contribution in [2.45, 2.75) is 26.8 Å². The van der Waals surface area contributed by atoms with Gasteiger partial charge in [-0.25, -0.2) is 4.79 Å². The van der Waals surface area contributed by atoms with Gasteiger partial charge in [-0.15, -0.1) is 0 Å². The smallest absolute Gasteiger partial charge is 0.339 e. The van der Waals surface area contributed by atoms with E-state index in [2.05, 4.69) is 9.97 Å². The number of aryl methyl sites for hydroxylation is 1. The van der Waals surface area contributed by atoms with Gasteiger partial charge in [-0.1, -0.05) is 13.0 Å². The number of aromatic nitrogens is 2. The van der Waals surface area contributed by atoms with Crippen molar-refractivity contribution in [1.29, 1.82) is 0 Å². The number of nitrogens with zero attached hydrogens (tertiary/aromatic N) is 2. The standard InChI is InChI=1S/C19H25N3O4/c1-5-15-16(19(24)26-4)13(2)17(21-15)18(23)22(10-11-25-3)12-14-8-6-7-9-20-14/h6-9,21H,5,10-12H2,1-4H3. The quantitative estimate of drug-likeness (QED) is 0.732. The summed E-state index contributed by atoms with van der Waals surface area (Å²) in [5, 5.41) is 0. The van der Waals surface area contributed by atoms with E-state index in [1.165, 1.54) is 7.11 Å². The van der Waals surface area contributed by atoms with Crippen molar-refractivity contribution < 1.29 is 19.1 Å². The molecular weight excluding hydrogens is 334 g/mol. The molecule has 0 fully saturated rings. The van der Waals surface area contributed by atoms with Crippen molar-refractivity contribution in [1.82, 2.24) is 14.9 Å². The third kappa shape index (κ3) is 4.29. The van der Waals surface area contributed by atoms with Gasteiger partial charge in [0.25, 0.3) is 5.91 Å². The Bertz CT molecular complexity index is 756. The molecule has 0 saturated heterocycles. The Morgan fingerprint density at radius 2 is 2.04 bits per heavy atom. The van der Waals surface area contributed by atoms with Crippen LogP contribution < -0.4 is 0 Å². The zero-order chi connectivity index (χ0) is 19.1. The normalized spacial score (nSPS) is 10.6. The van der Waals surface area contributed by atoms with Crippen molar-refractivity contribution in [3.8, 4) is 0 Å². The summed E-state index contributed by atoms with van der Waals surface area (Å²) in [7, 11) is 2.93. The lowest BCUT2D eigenvalue weighted by atomic mass is 10.1. The molecule has 0 saturated carbocycles. The number of aromatic amines is 1. The van der Waals surface area contributed by atoms with Crippen LogP contribution in [-0.4, -0.2) is 54.1 Å². The molecule has 0 aliphatic heterocycles. The summed E-state index contributed by atoms with van der Waals surface area (Å²) < 4.78 is 9.99. The van der Waals surface area contributed by atoms with Gasteiger partial charge in [-0.2, -0.15) is 0 Å². The molecule has 0 unspecified atom stereocenters. The molecule has 2 aromatic rings. The third-order valence-corrected chi connectivity index (χ3v) is 4.22. The fourth-order valence-electron chi connectivity index (χ4n) is 2.82. The molecule has 140 valence electrons. The van der Waals surface area contributed by atoms with Gasteiger partial charge in [-0.3, -0.25) is 9.78 Å². The molecule has 2 aromatic heterocycles. The van der Waals surface area contributed by atoms with E-state index in [9.17, 15) is 9.59 Å². The van der Waals surface area contributed by atoms with Gasteiger partial charge in [0.2, 0.25) is 0 Å². The molecular formula is C19H25N3O4. The summed E-state index contributed by atoms with van der Waals surface area (Å²) in [4.78, 5) is 34.3. The summed E-state index contributed by atoms with van der Waals surface area (Å²) in [5.74, 6) is -0.641. The number of H-pyrrole nitrogens is 1. The van der Waals surface area contributed by atoms with E-state index in [-0.39, 0.29) is 5.91 Å². The molecule has 1 N–H and O–H groups in total. The van der Waals surface area contributed by atoms with Crippen molar-refractivity contribution in [3.05, 3.63) is 52.6 Å². The van der Waals surface area contributed by atoms with Crippen molar-refractivity contribution in [2.24, 2.45) is 0 Å². The first-order valence-corrected chi connectivity index (χ1v) is 8.51. The monoisotopic (exact) mass is 359 g/mol. The molecule has 0 aromatic carbocycles. The van der Waals surface area contributed by atoms with Crippen LogP contribution in [-0.2, 0) is 22.4 Å². The molecule has 2 heterocycles. The highest BCUT2D eigenvalue weighted by Gasteiger charge is 2.26. The predicted octanol–water partition coefficient (Wildman–Crippen LogP) is 2.36. The Morgan fingerprint density at radius 1 is 1.27 bits per heavy atom. The number of carbonyl (C=O) groups is 2. The maximum atomic E-state index is 13.1. The first-order chi connectivity index (χ1) is 12.5. The molecule has 2 rings (SSSR count). The number of pyridine rings is 1. The predicted molar refractivity (Wildman–Crippen MR) is 97.1 cm³/mol. The average Bonchev–Trinajstić information content (AvgIpc) is 3.01. The van der Waals surface area contributed by atoms with Crippen LogP contribution in [0.2, 0.25) is 0 Å². The molecule has 0 spiro atoms. The lowest BCUT2D eigenvalue weighted by molar-refractivity contribution is 0.0599. The molecule has 7 heteroatoms. The number of methoxy groups -OCH3 is 2. The number of rotatable bonds is 8. The van der Waals surface area contributed by atoms with Gasteiger partial charge in [0, 0.05) is 25.5 Å². The summed E-state index contributed by atoms with van der Waals surface area (Å²) in [5.41, 5.74) is 2.91. The number of hydrogen-bond acceptors (Lipinski definition) is 5. The lowest BCUT2D eigenvalue weighted by Crippen LogP contribution is -2.34. The zero-order valence-electron chi connectivity index (χ0n) is 15.7. The molecule has 0 atom stereocenters.